The van der Waals surface area contributed by atoms with Gasteiger partial charge in [-0.3, -0.25) is 0 Å². The van der Waals surface area contributed by atoms with Gasteiger partial charge in [0.05, 0.1) is 13.2 Å². The minimum absolute atomic E-state index is 0.196. The number of nitrogens with one attached hydrogen (secondary N) is 1. The van der Waals surface area contributed by atoms with Gasteiger partial charge in [0.2, 0.25) is 0 Å². The second-order valence-corrected chi connectivity index (χ2v) is 5.47. The Morgan fingerprint density at radius 1 is 1.48 bits per heavy atom. The highest BCUT2D eigenvalue weighted by Gasteiger charge is 2.26. The number of rotatable bonds is 5. The van der Waals surface area contributed by atoms with Crippen LogP contribution in [0, 0.1) is 0 Å². The Hall–Kier alpha value is -1.76. The van der Waals surface area contributed by atoms with Crippen LogP contribution in [-0.4, -0.2) is 40.1 Å². The van der Waals surface area contributed by atoms with Crippen molar-refractivity contribution in [3.05, 3.63) is 5.56 Å². The van der Waals surface area contributed by atoms with E-state index in [1.165, 1.54) is 7.11 Å². The van der Waals surface area contributed by atoms with E-state index in [2.05, 4.69) is 10.4 Å². The fourth-order valence-corrected chi connectivity index (χ4v) is 2.68. The number of hydrogen-bond donors (Lipinski definition) is 3. The molecule has 1 aromatic heterocycles. The topological polar surface area (TPSA) is 102 Å². The third-order valence-electron chi connectivity index (χ3n) is 3.85. The van der Waals surface area contributed by atoms with Gasteiger partial charge in [-0.05, 0) is 32.1 Å². The first kappa shape index (κ1) is 15.6. The number of carbonyl (C=O) groups is 1. The van der Waals surface area contributed by atoms with Gasteiger partial charge in [-0.1, -0.05) is 6.92 Å². The zero-order valence-electron chi connectivity index (χ0n) is 12.6. The number of hydrogen-bond acceptors (Lipinski definition) is 6. The molecule has 1 saturated carbocycles. The summed E-state index contributed by atoms with van der Waals surface area (Å²) >= 11 is 0. The van der Waals surface area contributed by atoms with Crippen LogP contribution in [0.2, 0.25) is 0 Å². The second kappa shape index (κ2) is 6.80. The predicted molar refractivity (Wildman–Crippen MR) is 80.2 cm³/mol. The van der Waals surface area contributed by atoms with Crippen LogP contribution in [0.1, 0.15) is 49.4 Å². The molecule has 0 radical (unpaired) electrons. The van der Waals surface area contributed by atoms with Gasteiger partial charge in [0.15, 0.2) is 5.82 Å². The minimum atomic E-state index is -0.479. The maximum atomic E-state index is 11.9. The molecule has 0 amide bonds. The lowest BCUT2D eigenvalue weighted by atomic mass is 9.93. The molecule has 7 nitrogen and oxygen atoms in total. The predicted octanol–water partition coefficient (Wildman–Crippen LogP) is 1.38. The summed E-state index contributed by atoms with van der Waals surface area (Å²) in [4.78, 5) is 11.9. The quantitative estimate of drug-likeness (QED) is 0.709. The molecule has 0 spiro atoms. The molecule has 0 saturated heterocycles. The van der Waals surface area contributed by atoms with Crippen LogP contribution in [0.15, 0.2) is 0 Å². The number of nitrogens with two attached hydrogens (primary N) is 1. The zero-order chi connectivity index (χ0) is 15.4. The Kier molecular flexibility index (Phi) is 5.06. The highest BCUT2D eigenvalue weighted by Crippen LogP contribution is 2.27. The first-order chi connectivity index (χ1) is 10.1. The largest absolute Gasteiger partial charge is 0.465 e. The summed E-state index contributed by atoms with van der Waals surface area (Å²) in [6.45, 7) is 2.68. The smallest absolute Gasteiger partial charge is 0.345 e. The molecule has 1 aliphatic carbocycles. The Balaban J connectivity index is 2.20. The summed E-state index contributed by atoms with van der Waals surface area (Å²) in [6, 6.07) is 0.196. The fraction of sp³-hybridized carbons (Fsp3) is 0.714. The van der Waals surface area contributed by atoms with E-state index >= 15 is 0 Å². The van der Waals surface area contributed by atoms with Crippen molar-refractivity contribution in [1.82, 2.24) is 9.78 Å². The molecule has 21 heavy (non-hydrogen) atoms. The Morgan fingerprint density at radius 2 is 2.14 bits per heavy atom. The standard InChI is InChI=1S/C14H24N4O3/c1-3-8-18-12(15)11(14(20)21-2)13(17-18)16-9-4-6-10(19)7-5-9/h9-10,19H,3-8,15H2,1-2H3,(H,16,17). The molecular weight excluding hydrogens is 272 g/mol. The van der Waals surface area contributed by atoms with Gasteiger partial charge in [0, 0.05) is 12.6 Å². The van der Waals surface area contributed by atoms with Crippen LogP contribution in [0.3, 0.4) is 0 Å². The van der Waals surface area contributed by atoms with E-state index in [9.17, 15) is 9.90 Å². The lowest BCUT2D eigenvalue weighted by Gasteiger charge is -2.26. The zero-order valence-corrected chi connectivity index (χ0v) is 12.6. The maximum Gasteiger partial charge on any atom is 0.345 e. The molecule has 1 heterocycles. The van der Waals surface area contributed by atoms with Gasteiger partial charge >= 0.3 is 5.97 Å². The van der Waals surface area contributed by atoms with E-state index in [1.807, 2.05) is 6.92 Å². The van der Waals surface area contributed by atoms with Crippen LogP contribution >= 0.6 is 0 Å². The van der Waals surface area contributed by atoms with Crippen LogP contribution in [-0.2, 0) is 11.3 Å². The van der Waals surface area contributed by atoms with E-state index in [4.69, 9.17) is 10.5 Å². The number of carbonyl (C=O) groups excluding carboxylic acids is 1. The number of nitrogens with zero attached hydrogens (tertiary/aromatic N) is 2. The van der Waals surface area contributed by atoms with Crippen LogP contribution in [0.25, 0.3) is 0 Å². The minimum Gasteiger partial charge on any atom is -0.465 e. The second-order valence-electron chi connectivity index (χ2n) is 5.47. The van der Waals surface area contributed by atoms with Gasteiger partial charge in [0.1, 0.15) is 11.4 Å². The normalized spacial score (nSPS) is 22.0. The van der Waals surface area contributed by atoms with Gasteiger partial charge in [-0.25, -0.2) is 9.48 Å². The van der Waals surface area contributed by atoms with Gasteiger partial charge in [-0.15, -0.1) is 0 Å². The highest BCUT2D eigenvalue weighted by atomic mass is 16.5. The number of esters is 1. The third kappa shape index (κ3) is 3.47. The molecule has 118 valence electrons. The van der Waals surface area contributed by atoms with E-state index < -0.39 is 5.97 Å². The van der Waals surface area contributed by atoms with Crippen molar-refractivity contribution in [1.29, 1.82) is 0 Å². The van der Waals surface area contributed by atoms with Gasteiger partial charge in [-0.2, -0.15) is 5.10 Å². The van der Waals surface area contributed by atoms with Crippen molar-refractivity contribution in [3.63, 3.8) is 0 Å². The third-order valence-corrected chi connectivity index (χ3v) is 3.85. The van der Waals surface area contributed by atoms with Crippen LogP contribution < -0.4 is 11.1 Å². The molecule has 4 N–H and O–H groups in total. The van der Waals surface area contributed by atoms with Crippen molar-refractivity contribution in [2.45, 2.75) is 57.7 Å². The molecule has 0 atom stereocenters. The van der Waals surface area contributed by atoms with Gasteiger partial charge in [0.25, 0.3) is 0 Å². The van der Waals surface area contributed by atoms with Crippen molar-refractivity contribution < 1.29 is 14.6 Å². The summed E-state index contributed by atoms with van der Waals surface area (Å²) in [5, 5.41) is 17.2. The molecule has 1 aromatic rings. The molecule has 0 unspecified atom stereocenters. The molecule has 2 rings (SSSR count). The van der Waals surface area contributed by atoms with Crippen LogP contribution in [0.4, 0.5) is 11.6 Å². The average molecular weight is 296 g/mol. The number of anilines is 2. The lowest BCUT2D eigenvalue weighted by molar-refractivity contribution is 0.0602. The summed E-state index contributed by atoms with van der Waals surface area (Å²) in [6.07, 6.45) is 3.88. The maximum absolute atomic E-state index is 11.9. The number of aromatic nitrogens is 2. The molecule has 1 fully saturated rings. The number of aliphatic hydroxyl groups is 1. The summed E-state index contributed by atoms with van der Waals surface area (Å²) < 4.78 is 6.43. The first-order valence-electron chi connectivity index (χ1n) is 7.46. The van der Waals surface area contributed by atoms with Crippen molar-refractivity contribution >= 4 is 17.6 Å². The van der Waals surface area contributed by atoms with Gasteiger partial charge < -0.3 is 20.9 Å². The van der Waals surface area contributed by atoms with Crippen molar-refractivity contribution in [2.24, 2.45) is 0 Å². The summed E-state index contributed by atoms with van der Waals surface area (Å²) in [5.41, 5.74) is 6.32. The van der Waals surface area contributed by atoms with E-state index in [0.717, 1.165) is 32.1 Å². The van der Waals surface area contributed by atoms with Crippen molar-refractivity contribution in [3.8, 4) is 0 Å². The summed E-state index contributed by atoms with van der Waals surface area (Å²) in [7, 11) is 1.33. The van der Waals surface area contributed by atoms with Crippen molar-refractivity contribution in [2.75, 3.05) is 18.2 Å². The number of aliphatic hydroxyl groups excluding tert-OH is 1. The van der Waals surface area contributed by atoms with E-state index in [0.29, 0.717) is 23.7 Å². The lowest BCUT2D eigenvalue weighted by Crippen LogP contribution is -2.29. The van der Waals surface area contributed by atoms with Crippen LogP contribution in [0.5, 0.6) is 0 Å². The first-order valence-corrected chi connectivity index (χ1v) is 7.46. The monoisotopic (exact) mass is 296 g/mol. The Morgan fingerprint density at radius 3 is 2.71 bits per heavy atom. The van der Waals surface area contributed by atoms with E-state index in [-0.39, 0.29) is 12.1 Å². The highest BCUT2D eigenvalue weighted by molar-refractivity contribution is 5.99. The van der Waals surface area contributed by atoms with E-state index in [1.54, 1.807) is 4.68 Å². The Bertz CT molecular complexity index is 493. The summed E-state index contributed by atoms with van der Waals surface area (Å²) in [5.74, 6) is 0.337. The number of ether oxygens (including phenoxy) is 1. The number of aryl methyl sites for hydroxylation is 1. The number of nitrogen functional groups attached to an aromatic ring is 1. The molecule has 0 aliphatic heterocycles. The average Bonchev–Trinajstić information content (AvgIpc) is 2.77. The molecule has 7 heteroatoms. The Labute approximate surface area is 124 Å². The molecule has 1 aliphatic rings. The molecule has 0 aromatic carbocycles. The SMILES string of the molecule is CCCn1nc(NC2CCC(O)CC2)c(C(=O)OC)c1N. The number of methoxy groups -OCH3 is 1. The molecular formula is C14H24N4O3. The molecule has 0 bridgehead atoms. The fourth-order valence-electron chi connectivity index (χ4n) is 2.68.